The summed E-state index contributed by atoms with van der Waals surface area (Å²) in [6, 6.07) is 10.1. The molecule has 204 valence electrons. The van der Waals surface area contributed by atoms with Crippen molar-refractivity contribution in [1.29, 1.82) is 0 Å². The summed E-state index contributed by atoms with van der Waals surface area (Å²) in [7, 11) is -4.24. The van der Waals surface area contributed by atoms with Gasteiger partial charge in [-0.1, -0.05) is 62.7 Å². The molecule has 1 atom stereocenters. The molecule has 0 aliphatic heterocycles. The van der Waals surface area contributed by atoms with Crippen LogP contribution in [0.3, 0.4) is 0 Å². The first-order valence-corrected chi connectivity index (χ1v) is 13.8. The van der Waals surface area contributed by atoms with Crippen molar-refractivity contribution >= 4 is 39.1 Å². The Morgan fingerprint density at radius 1 is 1.08 bits per heavy atom. The van der Waals surface area contributed by atoms with Gasteiger partial charge >= 0.3 is 6.18 Å². The number of hydrogen-bond donors (Lipinski definition) is 1. The molecule has 2 aromatic carbocycles. The smallest absolute Gasteiger partial charge is 0.354 e. The molecule has 0 spiro atoms. The van der Waals surface area contributed by atoms with Gasteiger partial charge < -0.3 is 10.2 Å². The average molecular weight is 562 g/mol. The standard InChI is InChI=1S/C25H31ClF3N3O4S/c1-5-21(24(34)30-14-17(2)3)31(15-18-9-7-6-8-10-18)23(33)16-32(37(4,35)36)22-13-19(25(27,28)29)11-12-20(22)26/h6-13,17,21H,5,14-16H2,1-4H3,(H,30,34)/t21-/m1/s1. The van der Waals surface area contributed by atoms with Gasteiger partial charge in [0.2, 0.25) is 21.8 Å². The molecule has 2 amide bonds. The normalized spacial score (nSPS) is 12.8. The first-order valence-electron chi connectivity index (χ1n) is 11.6. The molecule has 0 aromatic heterocycles. The molecule has 2 aromatic rings. The maximum atomic E-state index is 13.6. The second kappa shape index (κ2) is 12.6. The molecule has 1 N–H and O–H groups in total. The van der Waals surface area contributed by atoms with Crippen molar-refractivity contribution in [2.75, 3.05) is 23.7 Å². The van der Waals surface area contributed by atoms with Gasteiger partial charge in [0.05, 0.1) is 22.5 Å². The van der Waals surface area contributed by atoms with E-state index in [1.165, 1.54) is 4.90 Å². The molecule has 0 radical (unpaired) electrons. The van der Waals surface area contributed by atoms with Gasteiger partial charge in [-0.2, -0.15) is 13.2 Å². The molecule has 37 heavy (non-hydrogen) atoms. The van der Waals surface area contributed by atoms with E-state index in [1.54, 1.807) is 37.3 Å². The van der Waals surface area contributed by atoms with Crippen LogP contribution in [0.15, 0.2) is 48.5 Å². The number of nitrogens with zero attached hydrogens (tertiary/aromatic N) is 2. The molecule has 0 fully saturated rings. The van der Waals surface area contributed by atoms with Crippen molar-refractivity contribution in [2.45, 2.75) is 46.0 Å². The fourth-order valence-electron chi connectivity index (χ4n) is 3.60. The molecule has 2 rings (SSSR count). The van der Waals surface area contributed by atoms with E-state index in [1.807, 2.05) is 13.8 Å². The summed E-state index contributed by atoms with van der Waals surface area (Å²) in [5, 5.41) is 2.52. The molecule has 0 unspecified atom stereocenters. The highest BCUT2D eigenvalue weighted by atomic mass is 35.5. The van der Waals surface area contributed by atoms with Crippen molar-refractivity contribution in [2.24, 2.45) is 5.92 Å². The van der Waals surface area contributed by atoms with Crippen molar-refractivity contribution in [3.8, 4) is 0 Å². The number of amides is 2. The summed E-state index contributed by atoms with van der Waals surface area (Å²) in [5.41, 5.74) is -0.910. The highest BCUT2D eigenvalue weighted by Crippen LogP contribution is 2.36. The monoisotopic (exact) mass is 561 g/mol. The summed E-state index contributed by atoms with van der Waals surface area (Å²) >= 11 is 6.09. The van der Waals surface area contributed by atoms with Crippen molar-refractivity contribution in [3.05, 3.63) is 64.7 Å². The third-order valence-electron chi connectivity index (χ3n) is 5.49. The van der Waals surface area contributed by atoms with Gasteiger partial charge in [0.1, 0.15) is 12.6 Å². The summed E-state index contributed by atoms with van der Waals surface area (Å²) < 4.78 is 65.8. The topological polar surface area (TPSA) is 86.8 Å². The van der Waals surface area contributed by atoms with Gasteiger partial charge in [0, 0.05) is 13.1 Å². The van der Waals surface area contributed by atoms with Gasteiger partial charge in [-0.15, -0.1) is 0 Å². The van der Waals surface area contributed by atoms with Crippen LogP contribution < -0.4 is 9.62 Å². The Kier molecular flexibility index (Phi) is 10.4. The lowest BCUT2D eigenvalue weighted by Gasteiger charge is -2.33. The van der Waals surface area contributed by atoms with Crippen LogP contribution in [-0.2, 0) is 32.3 Å². The number of carbonyl (C=O) groups is 2. The number of anilines is 1. The number of rotatable bonds is 11. The highest BCUT2D eigenvalue weighted by Gasteiger charge is 2.35. The Labute approximate surface area is 220 Å². The minimum absolute atomic E-state index is 0.0127. The summed E-state index contributed by atoms with van der Waals surface area (Å²) in [6.07, 6.45) is -3.76. The molecule has 0 heterocycles. The summed E-state index contributed by atoms with van der Waals surface area (Å²) in [4.78, 5) is 27.8. The fourth-order valence-corrected chi connectivity index (χ4v) is 4.72. The zero-order valence-electron chi connectivity index (χ0n) is 21.0. The number of sulfonamides is 1. The summed E-state index contributed by atoms with van der Waals surface area (Å²) in [6.45, 7) is 5.05. The lowest BCUT2D eigenvalue weighted by atomic mass is 10.1. The minimum Gasteiger partial charge on any atom is -0.354 e. The molecule has 12 heteroatoms. The summed E-state index contributed by atoms with van der Waals surface area (Å²) in [5.74, 6) is -1.03. The first-order chi connectivity index (χ1) is 17.1. The van der Waals surface area contributed by atoms with E-state index in [0.29, 0.717) is 22.5 Å². The molecule has 0 bridgehead atoms. The largest absolute Gasteiger partial charge is 0.416 e. The van der Waals surface area contributed by atoms with Crippen molar-refractivity contribution < 1.29 is 31.2 Å². The Morgan fingerprint density at radius 3 is 2.22 bits per heavy atom. The van der Waals surface area contributed by atoms with Crippen LogP contribution in [0.5, 0.6) is 0 Å². The third kappa shape index (κ3) is 8.63. The quantitative estimate of drug-likeness (QED) is 0.431. The van der Waals surface area contributed by atoms with Crippen LogP contribution in [0.4, 0.5) is 18.9 Å². The minimum atomic E-state index is -4.76. The van der Waals surface area contributed by atoms with E-state index in [9.17, 15) is 31.2 Å². The van der Waals surface area contributed by atoms with E-state index in [2.05, 4.69) is 5.32 Å². The number of nitrogens with one attached hydrogen (secondary N) is 1. The number of benzene rings is 2. The maximum absolute atomic E-state index is 13.6. The number of carbonyl (C=O) groups excluding carboxylic acids is 2. The zero-order valence-corrected chi connectivity index (χ0v) is 22.6. The Hall–Kier alpha value is -2.79. The molecule has 0 saturated heterocycles. The predicted molar refractivity (Wildman–Crippen MR) is 138 cm³/mol. The van der Waals surface area contributed by atoms with Gasteiger partial charge in [0.15, 0.2) is 0 Å². The van der Waals surface area contributed by atoms with Gasteiger partial charge in [-0.25, -0.2) is 8.42 Å². The molecule has 0 aliphatic carbocycles. The third-order valence-corrected chi connectivity index (χ3v) is 6.93. The molecule has 0 aliphatic rings. The second-order valence-corrected chi connectivity index (χ2v) is 11.3. The van der Waals surface area contributed by atoms with E-state index in [0.717, 1.165) is 18.4 Å². The van der Waals surface area contributed by atoms with Crippen LogP contribution in [0.25, 0.3) is 0 Å². The number of halogens is 4. The zero-order chi connectivity index (χ0) is 28.0. The number of alkyl halides is 3. The highest BCUT2D eigenvalue weighted by molar-refractivity contribution is 7.92. The molecule has 7 nitrogen and oxygen atoms in total. The lowest BCUT2D eigenvalue weighted by Crippen LogP contribution is -2.52. The predicted octanol–water partition coefficient (Wildman–Crippen LogP) is 4.70. The van der Waals surface area contributed by atoms with Crippen LogP contribution in [0.2, 0.25) is 5.02 Å². The second-order valence-electron chi connectivity index (χ2n) is 9.00. The van der Waals surface area contributed by atoms with E-state index >= 15 is 0 Å². The van der Waals surface area contributed by atoms with Gasteiger partial charge in [0.25, 0.3) is 0 Å². The fraction of sp³-hybridized carbons (Fsp3) is 0.440. The first kappa shape index (κ1) is 30.4. The Morgan fingerprint density at radius 2 is 1.70 bits per heavy atom. The van der Waals surface area contributed by atoms with E-state index in [4.69, 9.17) is 11.6 Å². The van der Waals surface area contributed by atoms with Crippen LogP contribution in [0.1, 0.15) is 38.3 Å². The van der Waals surface area contributed by atoms with E-state index in [-0.39, 0.29) is 23.9 Å². The van der Waals surface area contributed by atoms with Crippen molar-refractivity contribution in [3.63, 3.8) is 0 Å². The Bertz CT molecular complexity index is 1190. The van der Waals surface area contributed by atoms with Crippen LogP contribution in [0, 0.1) is 5.92 Å². The Balaban J connectivity index is 2.50. The molecular weight excluding hydrogens is 531 g/mol. The number of hydrogen-bond acceptors (Lipinski definition) is 4. The van der Waals surface area contributed by atoms with Crippen molar-refractivity contribution in [1.82, 2.24) is 10.2 Å². The van der Waals surface area contributed by atoms with E-state index < -0.39 is 51.9 Å². The lowest BCUT2D eigenvalue weighted by molar-refractivity contribution is -0.140. The maximum Gasteiger partial charge on any atom is 0.416 e. The van der Waals surface area contributed by atoms with Gasteiger partial charge in [-0.3, -0.25) is 13.9 Å². The molecular formula is C25H31ClF3N3O4S. The average Bonchev–Trinajstić information content (AvgIpc) is 2.80. The van der Waals surface area contributed by atoms with Gasteiger partial charge in [-0.05, 0) is 36.1 Å². The SMILES string of the molecule is CC[C@H](C(=O)NCC(C)C)N(Cc1ccccc1)C(=O)CN(c1cc(C(F)(F)F)ccc1Cl)S(C)(=O)=O. The van der Waals surface area contributed by atoms with Crippen LogP contribution >= 0.6 is 11.6 Å². The molecule has 0 saturated carbocycles. The van der Waals surface area contributed by atoms with Crippen LogP contribution in [-0.4, -0.2) is 50.5 Å².